The normalized spacial score (nSPS) is 11.3. The number of hydrogen-bond acceptors (Lipinski definition) is 2. The van der Waals surface area contributed by atoms with E-state index in [1.165, 1.54) is 111 Å². The summed E-state index contributed by atoms with van der Waals surface area (Å²) in [5.41, 5.74) is 28.1. The second-order valence-corrected chi connectivity index (χ2v) is 22.7. The van der Waals surface area contributed by atoms with Crippen LogP contribution in [-0.2, 0) is 0 Å². The second kappa shape index (κ2) is 23.1. The van der Waals surface area contributed by atoms with Gasteiger partial charge in [-0.05, 0) is 199 Å². The van der Waals surface area contributed by atoms with Gasteiger partial charge < -0.3 is 9.80 Å². The molecule has 0 radical (unpaired) electrons. The largest absolute Gasteiger partial charge is 0.309 e. The van der Waals surface area contributed by atoms with Gasteiger partial charge in [-0.1, -0.05) is 255 Å². The maximum absolute atomic E-state index is 2.49. The summed E-state index contributed by atoms with van der Waals surface area (Å²) in [6, 6.07) is 116. The summed E-state index contributed by atoms with van der Waals surface area (Å²) >= 11 is 0. The number of rotatable bonds is 13. The molecule has 0 spiro atoms. The summed E-state index contributed by atoms with van der Waals surface area (Å²) in [5, 5.41) is 4.90. The minimum Gasteiger partial charge on any atom is -0.309 e. The fourth-order valence-corrected chi connectivity index (χ4v) is 12.8. The van der Waals surface area contributed by atoms with Crippen molar-refractivity contribution in [3.05, 3.63) is 338 Å². The molecule has 0 aliphatic rings. The lowest BCUT2D eigenvalue weighted by molar-refractivity contribution is 1.22. The Kier molecular flexibility index (Phi) is 14.3. The molecule has 2 heteroatoms. The van der Waals surface area contributed by atoms with Crippen molar-refractivity contribution in [2.24, 2.45) is 0 Å². The highest BCUT2D eigenvalue weighted by molar-refractivity contribution is 6.04. The van der Waals surface area contributed by atoms with E-state index in [0.29, 0.717) is 0 Å². The number of para-hydroxylation sites is 2. The number of fused-ring (bicyclic) bond motifs is 2. The molecule has 0 aliphatic heterocycles. The Morgan fingerprint density at radius 1 is 0.198 bits per heavy atom. The number of anilines is 6. The molecular weight excluding hydrogens is 1040 g/mol. The zero-order valence-corrected chi connectivity index (χ0v) is 48.9. The Bertz CT molecular complexity index is 4470. The first kappa shape index (κ1) is 53.2. The quantitative estimate of drug-likeness (QED) is 0.114. The molecular formula is C84H64N2. The summed E-state index contributed by atoms with van der Waals surface area (Å²) < 4.78 is 0. The van der Waals surface area contributed by atoms with E-state index in [1.807, 2.05) is 0 Å². The zero-order valence-electron chi connectivity index (χ0n) is 48.9. The fourth-order valence-electron chi connectivity index (χ4n) is 12.8. The van der Waals surface area contributed by atoms with Crippen LogP contribution >= 0.6 is 0 Å². The molecule has 86 heavy (non-hydrogen) atoms. The van der Waals surface area contributed by atoms with Gasteiger partial charge in [0.1, 0.15) is 0 Å². The molecule has 0 atom stereocenters. The maximum Gasteiger partial charge on any atom is 0.0569 e. The molecule has 0 fully saturated rings. The van der Waals surface area contributed by atoms with E-state index in [2.05, 4.69) is 353 Å². The van der Waals surface area contributed by atoms with Gasteiger partial charge in [-0.25, -0.2) is 0 Å². The molecule has 14 rings (SSSR count). The van der Waals surface area contributed by atoms with Crippen LogP contribution in [0.3, 0.4) is 0 Å². The molecule has 0 aliphatic carbocycles. The molecule has 0 amide bonds. The second-order valence-electron chi connectivity index (χ2n) is 22.7. The Balaban J connectivity index is 0.872. The third-order valence-corrected chi connectivity index (χ3v) is 17.1. The summed E-state index contributed by atoms with van der Waals surface area (Å²) in [7, 11) is 0. The first-order valence-electron chi connectivity index (χ1n) is 29.8. The predicted molar refractivity (Wildman–Crippen MR) is 368 cm³/mol. The molecule has 14 aromatic carbocycles. The smallest absolute Gasteiger partial charge is 0.0569 e. The van der Waals surface area contributed by atoms with Crippen LogP contribution < -0.4 is 9.80 Å². The van der Waals surface area contributed by atoms with Crippen molar-refractivity contribution in [1.82, 2.24) is 0 Å². The molecule has 0 aromatic heterocycles. The van der Waals surface area contributed by atoms with Gasteiger partial charge in [-0.2, -0.15) is 0 Å². The van der Waals surface area contributed by atoms with Gasteiger partial charge >= 0.3 is 0 Å². The lowest BCUT2D eigenvalue weighted by Crippen LogP contribution is -2.14. The summed E-state index contributed by atoms with van der Waals surface area (Å²) in [6.07, 6.45) is 0. The van der Waals surface area contributed by atoms with Crippen LogP contribution in [0.2, 0.25) is 0 Å². The molecule has 0 saturated heterocycles. The van der Waals surface area contributed by atoms with Crippen molar-refractivity contribution in [3.8, 4) is 77.9 Å². The van der Waals surface area contributed by atoms with Crippen LogP contribution in [0.25, 0.3) is 99.4 Å². The van der Waals surface area contributed by atoms with Crippen molar-refractivity contribution in [2.75, 3.05) is 9.80 Å². The summed E-state index contributed by atoms with van der Waals surface area (Å²) in [4.78, 5) is 4.98. The molecule has 0 heterocycles. The summed E-state index contributed by atoms with van der Waals surface area (Å²) in [5.74, 6) is 0. The van der Waals surface area contributed by atoms with E-state index in [9.17, 15) is 0 Å². The average Bonchev–Trinajstić information content (AvgIpc) is 1.19. The SMILES string of the molecule is Cc1cc(-c2ccc(N(c3ccc(-c4cccc(-c5ccccc5)c4)cc3)c3c(C)cccc3-c3cccc4ccccc34)c(C)c2)ccc1N(c1ccc(-c2cccc(-c3ccccc3)c2)cc1)c1c(C)cccc1-c1cccc2ccccc12. The Hall–Kier alpha value is -10.8. The molecule has 410 valence electrons. The minimum absolute atomic E-state index is 1.09. The van der Waals surface area contributed by atoms with Gasteiger partial charge in [0.25, 0.3) is 0 Å². The minimum atomic E-state index is 1.09. The number of nitrogens with zero attached hydrogens (tertiary/aromatic N) is 2. The highest BCUT2D eigenvalue weighted by Gasteiger charge is 2.25. The van der Waals surface area contributed by atoms with Gasteiger partial charge in [0.2, 0.25) is 0 Å². The first-order valence-corrected chi connectivity index (χ1v) is 29.8. The van der Waals surface area contributed by atoms with Crippen LogP contribution in [-0.4, -0.2) is 0 Å². The predicted octanol–water partition coefficient (Wildman–Crippen LogP) is 23.8. The third-order valence-electron chi connectivity index (χ3n) is 17.1. The number of hydrogen-bond donors (Lipinski definition) is 0. The van der Waals surface area contributed by atoms with Crippen molar-refractivity contribution in [2.45, 2.75) is 27.7 Å². The van der Waals surface area contributed by atoms with Crippen LogP contribution in [0.5, 0.6) is 0 Å². The van der Waals surface area contributed by atoms with Crippen molar-refractivity contribution in [1.29, 1.82) is 0 Å². The van der Waals surface area contributed by atoms with E-state index in [-0.39, 0.29) is 0 Å². The van der Waals surface area contributed by atoms with Crippen molar-refractivity contribution >= 4 is 55.7 Å². The highest BCUT2D eigenvalue weighted by atomic mass is 15.2. The van der Waals surface area contributed by atoms with Gasteiger partial charge in [0, 0.05) is 33.9 Å². The molecule has 0 unspecified atom stereocenters. The van der Waals surface area contributed by atoms with E-state index in [1.54, 1.807) is 0 Å². The van der Waals surface area contributed by atoms with Gasteiger partial charge in [-0.15, -0.1) is 0 Å². The zero-order chi connectivity index (χ0) is 58.1. The van der Waals surface area contributed by atoms with Crippen molar-refractivity contribution in [3.63, 3.8) is 0 Å². The lowest BCUT2D eigenvalue weighted by atomic mass is 9.93. The van der Waals surface area contributed by atoms with Gasteiger partial charge in [0.15, 0.2) is 0 Å². The van der Waals surface area contributed by atoms with Crippen LogP contribution in [0, 0.1) is 27.7 Å². The topological polar surface area (TPSA) is 6.48 Å². The van der Waals surface area contributed by atoms with E-state index < -0.39 is 0 Å². The first-order chi connectivity index (χ1) is 42.3. The Morgan fingerprint density at radius 3 is 0.884 bits per heavy atom. The molecule has 2 nitrogen and oxygen atoms in total. The van der Waals surface area contributed by atoms with E-state index in [4.69, 9.17) is 0 Å². The molecule has 0 bridgehead atoms. The van der Waals surface area contributed by atoms with Crippen LogP contribution in [0.1, 0.15) is 22.3 Å². The Morgan fingerprint density at radius 2 is 0.488 bits per heavy atom. The monoisotopic (exact) mass is 1100 g/mol. The van der Waals surface area contributed by atoms with E-state index >= 15 is 0 Å². The van der Waals surface area contributed by atoms with Crippen molar-refractivity contribution < 1.29 is 0 Å². The number of benzene rings is 14. The summed E-state index contributed by atoms with van der Waals surface area (Å²) in [6.45, 7) is 9.03. The maximum atomic E-state index is 2.49. The standard InChI is InChI=1S/C84H64N2/c1-57-21-15-39-79(77-37-19-29-65-27-11-13-35-75(65)77)83(57)85(73-47-41-63(42-48-73)69-33-17-31-67(55-69)61-23-7-5-8-24-61)81-51-45-71(53-59(81)3)72-46-52-82(60(4)54-72)86(84-58(2)22-16-40-80(84)78-38-20-30-66-28-12-14-36-76(66)78)74-49-43-64(44-50-74)70-34-18-32-68(56-70)62-25-9-6-10-26-62/h5-56H,1-4H3. The van der Waals surface area contributed by atoms with E-state index in [0.717, 1.165) is 45.3 Å². The highest BCUT2D eigenvalue weighted by Crippen LogP contribution is 2.49. The van der Waals surface area contributed by atoms with Crippen LogP contribution in [0.4, 0.5) is 34.1 Å². The van der Waals surface area contributed by atoms with Gasteiger partial charge in [0.05, 0.1) is 11.4 Å². The fraction of sp³-hybridized carbons (Fsp3) is 0.0476. The Labute approximate surface area is 505 Å². The van der Waals surface area contributed by atoms with Crippen LogP contribution in [0.15, 0.2) is 315 Å². The third kappa shape index (κ3) is 10.2. The molecule has 14 aromatic rings. The van der Waals surface area contributed by atoms with Gasteiger partial charge in [-0.3, -0.25) is 0 Å². The molecule has 0 N–H and O–H groups in total. The molecule has 0 saturated carbocycles. The lowest BCUT2D eigenvalue weighted by Gasteiger charge is -2.32. The number of aryl methyl sites for hydroxylation is 4. The average molecular weight is 1100 g/mol.